The molecule has 0 fully saturated rings. The Labute approximate surface area is 114 Å². The Bertz CT molecular complexity index is 386. The first-order valence-corrected chi connectivity index (χ1v) is 10.4. The van der Waals surface area contributed by atoms with Crippen LogP contribution in [0.5, 0.6) is 0 Å². The molecule has 0 aromatic heterocycles. The van der Waals surface area contributed by atoms with E-state index in [1.807, 2.05) is 12.1 Å². The predicted octanol–water partition coefficient (Wildman–Crippen LogP) is 4.06. The normalized spacial score (nSPS) is 15.6. The van der Waals surface area contributed by atoms with Gasteiger partial charge in [-0.1, -0.05) is 19.6 Å². The van der Waals surface area contributed by atoms with Gasteiger partial charge in [0.2, 0.25) is 0 Å². The summed E-state index contributed by atoms with van der Waals surface area (Å²) in [5, 5.41) is 2.08. The number of nitrogens with zero attached hydrogens (tertiary/aromatic N) is 1. The quantitative estimate of drug-likeness (QED) is 0.775. The van der Waals surface area contributed by atoms with Gasteiger partial charge in [-0.15, -0.1) is 5.12 Å². The molecule has 0 atom stereocenters. The number of benzene rings is 1. The van der Waals surface area contributed by atoms with E-state index in [1.54, 1.807) is 0 Å². The maximum absolute atomic E-state index is 3.55. The fourth-order valence-corrected chi connectivity index (χ4v) is 3.57. The van der Waals surface area contributed by atoms with Gasteiger partial charge in [0.15, 0.2) is 0 Å². The molecule has 0 unspecified atom stereocenters. The van der Waals surface area contributed by atoms with Crippen molar-refractivity contribution in [3.05, 3.63) is 21.1 Å². The van der Waals surface area contributed by atoms with Crippen LogP contribution < -0.4 is 10.9 Å². The van der Waals surface area contributed by atoms with Gasteiger partial charge in [0.1, 0.15) is 0 Å². The van der Waals surface area contributed by atoms with E-state index in [-0.39, 0.29) is 0 Å². The molecule has 1 aromatic rings. The van der Waals surface area contributed by atoms with Crippen molar-refractivity contribution in [3.63, 3.8) is 0 Å². The van der Waals surface area contributed by atoms with E-state index in [0.717, 1.165) is 26.5 Å². The van der Waals surface area contributed by atoms with Crippen LogP contribution in [0.2, 0.25) is 19.6 Å². The molecule has 0 aliphatic carbocycles. The number of hydrogen-bond donors (Lipinski definition) is 2. The number of fused-ring (bicyclic) bond motifs is 1. The lowest BCUT2D eigenvalue weighted by atomic mass is 10.3. The number of hydrogen-bond acceptors (Lipinski definition) is 3. The van der Waals surface area contributed by atoms with Gasteiger partial charge in [0, 0.05) is 15.1 Å². The fourth-order valence-electron chi connectivity index (χ4n) is 1.62. The molecule has 0 radical (unpaired) electrons. The molecule has 16 heavy (non-hydrogen) atoms. The highest BCUT2D eigenvalue weighted by molar-refractivity contribution is 9.11. The smallest absolute Gasteiger partial charge is 0.0906 e. The Hall–Kier alpha value is -0.0431. The zero-order valence-corrected chi connectivity index (χ0v) is 13.7. The van der Waals surface area contributed by atoms with Crippen molar-refractivity contribution < 1.29 is 0 Å². The van der Waals surface area contributed by atoms with Gasteiger partial charge in [-0.3, -0.25) is 10.9 Å². The molecule has 6 heteroatoms. The largest absolute Gasteiger partial charge is 0.298 e. The van der Waals surface area contributed by atoms with E-state index in [1.165, 1.54) is 0 Å². The first-order valence-electron chi connectivity index (χ1n) is 5.16. The lowest BCUT2D eigenvalue weighted by Crippen LogP contribution is -2.43. The average Bonchev–Trinajstić information content (AvgIpc) is 2.53. The Kier molecular flexibility index (Phi) is 3.36. The highest BCUT2D eigenvalue weighted by Crippen LogP contribution is 2.40. The number of rotatable bonds is 2. The highest BCUT2D eigenvalue weighted by Gasteiger charge is 2.26. The lowest BCUT2D eigenvalue weighted by molar-refractivity contribution is 0.472. The minimum absolute atomic E-state index is 1.06. The van der Waals surface area contributed by atoms with Crippen molar-refractivity contribution in [1.29, 1.82) is 0 Å². The van der Waals surface area contributed by atoms with Crippen molar-refractivity contribution in [2.75, 3.05) is 17.0 Å². The van der Waals surface area contributed by atoms with Crippen LogP contribution in [0, 0.1) is 0 Å². The minimum Gasteiger partial charge on any atom is -0.298 e. The van der Waals surface area contributed by atoms with Crippen LogP contribution in [0.1, 0.15) is 0 Å². The van der Waals surface area contributed by atoms with Crippen LogP contribution in [0.25, 0.3) is 0 Å². The molecule has 0 saturated heterocycles. The van der Waals surface area contributed by atoms with Crippen molar-refractivity contribution >= 4 is 51.3 Å². The van der Waals surface area contributed by atoms with Gasteiger partial charge < -0.3 is 0 Å². The summed E-state index contributed by atoms with van der Waals surface area (Å²) in [6.07, 6.45) is 1.06. The molecule has 88 valence electrons. The van der Waals surface area contributed by atoms with E-state index in [0.29, 0.717) is 0 Å². The maximum atomic E-state index is 3.55. The Morgan fingerprint density at radius 3 is 1.88 bits per heavy atom. The molecule has 1 aromatic carbocycles. The molecule has 1 aliphatic rings. The molecule has 0 saturated carbocycles. The maximum Gasteiger partial charge on any atom is 0.0906 e. The number of nitrogens with one attached hydrogen (secondary N) is 2. The summed E-state index contributed by atoms with van der Waals surface area (Å²) in [7, 11) is -1.13. The van der Waals surface area contributed by atoms with Crippen LogP contribution >= 0.6 is 31.9 Å². The molecule has 0 bridgehead atoms. The van der Waals surface area contributed by atoms with Crippen LogP contribution in [0.3, 0.4) is 0 Å². The van der Waals surface area contributed by atoms with Crippen molar-refractivity contribution in [3.8, 4) is 0 Å². The monoisotopic (exact) mass is 363 g/mol. The highest BCUT2D eigenvalue weighted by atomic mass is 79.9. The van der Waals surface area contributed by atoms with Gasteiger partial charge in [-0.05, 0) is 44.0 Å². The molecule has 1 aliphatic heterocycles. The van der Waals surface area contributed by atoms with Crippen LogP contribution in [0.4, 0.5) is 11.4 Å². The second kappa shape index (κ2) is 4.32. The van der Waals surface area contributed by atoms with E-state index in [4.69, 9.17) is 0 Å². The standard InChI is InChI=1S/C10H15Br2N3Si/c1-16(2,3)6-15-13-9-7(11)4-5-8(12)10(9)14-15/h4-5,13-14H,6H2,1-3H3. The molecule has 0 amide bonds. The molecule has 3 nitrogen and oxygen atoms in total. The van der Waals surface area contributed by atoms with Crippen LogP contribution in [-0.4, -0.2) is 19.4 Å². The van der Waals surface area contributed by atoms with E-state index in [9.17, 15) is 0 Å². The summed E-state index contributed by atoms with van der Waals surface area (Å²) < 4.78 is 2.16. The summed E-state index contributed by atoms with van der Waals surface area (Å²) in [6, 6.07) is 4.07. The van der Waals surface area contributed by atoms with Crippen molar-refractivity contribution in [2.45, 2.75) is 19.6 Å². The zero-order valence-electron chi connectivity index (χ0n) is 9.56. The summed E-state index contributed by atoms with van der Waals surface area (Å²) in [4.78, 5) is 0. The minimum atomic E-state index is -1.13. The average molecular weight is 365 g/mol. The van der Waals surface area contributed by atoms with Gasteiger partial charge in [-0.2, -0.15) is 0 Å². The van der Waals surface area contributed by atoms with Gasteiger partial charge in [0.05, 0.1) is 19.4 Å². The number of halogens is 2. The van der Waals surface area contributed by atoms with E-state index in [2.05, 4.69) is 67.5 Å². The fraction of sp³-hybridized carbons (Fsp3) is 0.400. The van der Waals surface area contributed by atoms with Crippen LogP contribution in [0.15, 0.2) is 21.1 Å². The molecular formula is C10H15Br2N3Si. The Balaban J connectivity index is 2.21. The van der Waals surface area contributed by atoms with E-state index < -0.39 is 8.07 Å². The van der Waals surface area contributed by atoms with Gasteiger partial charge in [-0.25, -0.2) is 0 Å². The Morgan fingerprint density at radius 2 is 1.50 bits per heavy atom. The first kappa shape index (κ1) is 12.4. The summed E-state index contributed by atoms with van der Waals surface area (Å²) in [5.74, 6) is 0. The number of anilines is 2. The molecule has 0 spiro atoms. The van der Waals surface area contributed by atoms with Gasteiger partial charge in [0.25, 0.3) is 0 Å². The molecular weight excluding hydrogens is 350 g/mol. The second-order valence-corrected chi connectivity index (χ2v) is 12.3. The third-order valence-corrected chi connectivity index (χ3v) is 4.82. The van der Waals surface area contributed by atoms with Crippen LogP contribution in [-0.2, 0) is 0 Å². The number of hydrazine groups is 2. The molecule has 1 heterocycles. The summed E-state index contributed by atoms with van der Waals surface area (Å²) in [5.41, 5.74) is 8.97. The topological polar surface area (TPSA) is 27.3 Å². The van der Waals surface area contributed by atoms with E-state index >= 15 is 0 Å². The van der Waals surface area contributed by atoms with Gasteiger partial charge >= 0.3 is 0 Å². The van der Waals surface area contributed by atoms with Crippen molar-refractivity contribution in [1.82, 2.24) is 5.12 Å². The Morgan fingerprint density at radius 1 is 1.06 bits per heavy atom. The molecule has 2 rings (SSSR count). The SMILES string of the molecule is C[Si](C)(C)CN1Nc2c(Br)ccc(Br)c2N1. The summed E-state index contributed by atoms with van der Waals surface area (Å²) in [6.45, 7) is 7.05. The van der Waals surface area contributed by atoms with Crippen molar-refractivity contribution in [2.24, 2.45) is 0 Å². The molecule has 2 N–H and O–H groups in total. The lowest BCUT2D eigenvalue weighted by Gasteiger charge is -2.24. The third kappa shape index (κ3) is 2.61. The predicted molar refractivity (Wildman–Crippen MR) is 79.1 cm³/mol. The first-order chi connectivity index (χ1) is 7.37. The zero-order chi connectivity index (χ0) is 11.9. The second-order valence-electron chi connectivity index (χ2n) is 5.15. The summed E-state index contributed by atoms with van der Waals surface area (Å²) >= 11 is 7.10. The third-order valence-electron chi connectivity index (χ3n) is 2.23.